The predicted molar refractivity (Wildman–Crippen MR) is 76.3 cm³/mol. The van der Waals surface area contributed by atoms with Crippen LogP contribution in [0.3, 0.4) is 0 Å². The molecule has 1 fully saturated rings. The average molecular weight is 268 g/mol. The molecular formula is C15H22ClNO. The molecule has 0 aromatic heterocycles. The monoisotopic (exact) mass is 267 g/mol. The third-order valence-corrected chi connectivity index (χ3v) is 3.93. The van der Waals surface area contributed by atoms with E-state index in [9.17, 15) is 0 Å². The second-order valence-corrected chi connectivity index (χ2v) is 5.70. The van der Waals surface area contributed by atoms with Crippen molar-refractivity contribution in [3.8, 4) is 5.75 Å². The van der Waals surface area contributed by atoms with Crippen molar-refractivity contribution < 1.29 is 4.74 Å². The Labute approximate surface area is 115 Å². The van der Waals surface area contributed by atoms with E-state index in [-0.39, 0.29) is 0 Å². The minimum atomic E-state index is 0.342. The molecule has 100 valence electrons. The van der Waals surface area contributed by atoms with Crippen molar-refractivity contribution in [2.75, 3.05) is 7.05 Å². The van der Waals surface area contributed by atoms with E-state index in [0.717, 1.165) is 36.1 Å². The van der Waals surface area contributed by atoms with E-state index in [1.807, 2.05) is 19.2 Å². The molecule has 1 saturated carbocycles. The van der Waals surface area contributed by atoms with E-state index in [1.54, 1.807) is 0 Å². The molecule has 0 spiro atoms. The zero-order valence-electron chi connectivity index (χ0n) is 11.2. The first kappa shape index (κ1) is 13.7. The van der Waals surface area contributed by atoms with E-state index < -0.39 is 0 Å². The number of hydrogen-bond acceptors (Lipinski definition) is 2. The smallest absolute Gasteiger partial charge is 0.138 e. The summed E-state index contributed by atoms with van der Waals surface area (Å²) in [5.74, 6) is 1.68. The lowest BCUT2D eigenvalue weighted by Gasteiger charge is -2.27. The largest absolute Gasteiger partial charge is 0.489 e. The fraction of sp³-hybridized carbons (Fsp3) is 0.600. The summed E-state index contributed by atoms with van der Waals surface area (Å²) in [5, 5.41) is 3.84. The highest BCUT2D eigenvalue weighted by molar-refractivity contribution is 6.32. The maximum Gasteiger partial charge on any atom is 0.138 e. The lowest BCUT2D eigenvalue weighted by Crippen LogP contribution is -2.23. The van der Waals surface area contributed by atoms with Crippen molar-refractivity contribution in [1.29, 1.82) is 0 Å². The summed E-state index contributed by atoms with van der Waals surface area (Å²) in [7, 11) is 1.93. The normalized spacial score (nSPS) is 23.9. The number of benzene rings is 1. The van der Waals surface area contributed by atoms with E-state index in [4.69, 9.17) is 16.3 Å². The topological polar surface area (TPSA) is 21.3 Å². The van der Waals surface area contributed by atoms with Gasteiger partial charge in [0.2, 0.25) is 0 Å². The van der Waals surface area contributed by atoms with Gasteiger partial charge < -0.3 is 10.1 Å². The fourth-order valence-electron chi connectivity index (χ4n) is 2.48. The van der Waals surface area contributed by atoms with Crippen LogP contribution >= 0.6 is 11.6 Å². The number of ether oxygens (including phenoxy) is 1. The minimum absolute atomic E-state index is 0.342. The summed E-state index contributed by atoms with van der Waals surface area (Å²) in [4.78, 5) is 0. The van der Waals surface area contributed by atoms with Crippen LogP contribution in [0.4, 0.5) is 0 Å². The molecule has 3 heteroatoms. The van der Waals surface area contributed by atoms with Gasteiger partial charge >= 0.3 is 0 Å². The molecule has 1 aliphatic rings. The first-order valence-corrected chi connectivity index (χ1v) is 7.16. The Bertz CT molecular complexity index is 386. The maximum atomic E-state index is 6.26. The molecule has 18 heavy (non-hydrogen) atoms. The van der Waals surface area contributed by atoms with Crippen LogP contribution in [0.15, 0.2) is 18.2 Å². The second-order valence-electron chi connectivity index (χ2n) is 5.29. The van der Waals surface area contributed by atoms with Crippen LogP contribution in [-0.4, -0.2) is 13.2 Å². The molecule has 1 N–H and O–H groups in total. The zero-order valence-corrected chi connectivity index (χ0v) is 12.0. The molecule has 2 nitrogen and oxygen atoms in total. The molecule has 2 rings (SSSR count). The van der Waals surface area contributed by atoms with Crippen molar-refractivity contribution in [2.45, 2.75) is 45.3 Å². The van der Waals surface area contributed by atoms with Crippen molar-refractivity contribution in [2.24, 2.45) is 5.92 Å². The number of hydrogen-bond donors (Lipinski definition) is 1. The third kappa shape index (κ3) is 3.63. The molecule has 0 saturated heterocycles. The summed E-state index contributed by atoms with van der Waals surface area (Å²) in [5.41, 5.74) is 1.19. The van der Waals surface area contributed by atoms with Crippen molar-refractivity contribution >= 4 is 11.6 Å². The molecule has 0 heterocycles. The van der Waals surface area contributed by atoms with Gasteiger partial charge in [-0.3, -0.25) is 0 Å². The Hall–Kier alpha value is -0.730. The number of halogens is 1. The first-order valence-electron chi connectivity index (χ1n) is 6.78. The van der Waals surface area contributed by atoms with E-state index >= 15 is 0 Å². The van der Waals surface area contributed by atoms with Gasteiger partial charge in [-0.2, -0.15) is 0 Å². The summed E-state index contributed by atoms with van der Waals surface area (Å²) < 4.78 is 6.02. The molecule has 0 radical (unpaired) electrons. The Kier molecular flexibility index (Phi) is 4.90. The zero-order chi connectivity index (χ0) is 13.0. The van der Waals surface area contributed by atoms with Gasteiger partial charge in [0.05, 0.1) is 11.1 Å². The van der Waals surface area contributed by atoms with Crippen molar-refractivity contribution in [3.05, 3.63) is 28.8 Å². The first-order chi connectivity index (χ1) is 8.69. The van der Waals surface area contributed by atoms with Crippen LogP contribution in [0.1, 0.15) is 38.2 Å². The van der Waals surface area contributed by atoms with Crippen LogP contribution in [0.2, 0.25) is 5.02 Å². The maximum absolute atomic E-state index is 6.26. The minimum Gasteiger partial charge on any atom is -0.489 e. The molecule has 1 aliphatic carbocycles. The van der Waals surface area contributed by atoms with E-state index in [0.29, 0.717) is 6.10 Å². The van der Waals surface area contributed by atoms with Crippen LogP contribution in [0, 0.1) is 5.92 Å². The fourth-order valence-corrected chi connectivity index (χ4v) is 2.73. The Morgan fingerprint density at radius 1 is 1.28 bits per heavy atom. The molecule has 0 aliphatic heterocycles. The van der Waals surface area contributed by atoms with Gasteiger partial charge in [-0.15, -0.1) is 0 Å². The van der Waals surface area contributed by atoms with Gasteiger partial charge in [0.25, 0.3) is 0 Å². The second kappa shape index (κ2) is 6.44. The number of rotatable bonds is 4. The molecule has 0 bridgehead atoms. The lowest BCUT2D eigenvalue weighted by atomic mass is 9.89. The molecule has 1 aromatic rings. The van der Waals surface area contributed by atoms with Crippen molar-refractivity contribution in [1.82, 2.24) is 5.32 Å². The Morgan fingerprint density at radius 3 is 2.61 bits per heavy atom. The highest BCUT2D eigenvalue weighted by Gasteiger charge is 2.20. The van der Waals surface area contributed by atoms with Gasteiger partial charge in [0.15, 0.2) is 0 Å². The van der Waals surface area contributed by atoms with E-state index in [2.05, 4.69) is 18.3 Å². The number of nitrogens with one attached hydrogen (secondary N) is 1. The molecule has 0 amide bonds. The molecule has 1 aromatic carbocycles. The van der Waals surface area contributed by atoms with Gasteiger partial charge in [-0.05, 0) is 56.3 Å². The third-order valence-electron chi connectivity index (χ3n) is 3.63. The Balaban J connectivity index is 1.96. The van der Waals surface area contributed by atoms with Gasteiger partial charge in [-0.1, -0.05) is 24.6 Å². The predicted octanol–water partition coefficient (Wildman–Crippen LogP) is 4.02. The SMILES string of the molecule is CNCc1ccc(OC2CCC(C)CC2)c(Cl)c1. The van der Waals surface area contributed by atoms with Gasteiger partial charge in [-0.25, -0.2) is 0 Å². The lowest BCUT2D eigenvalue weighted by molar-refractivity contribution is 0.135. The summed E-state index contributed by atoms with van der Waals surface area (Å²) in [6, 6.07) is 6.05. The highest BCUT2D eigenvalue weighted by atomic mass is 35.5. The quantitative estimate of drug-likeness (QED) is 0.890. The molecule has 0 unspecified atom stereocenters. The summed E-state index contributed by atoms with van der Waals surface area (Å²) >= 11 is 6.26. The molecule has 0 atom stereocenters. The van der Waals surface area contributed by atoms with Crippen LogP contribution in [0.25, 0.3) is 0 Å². The molecular weight excluding hydrogens is 246 g/mol. The Morgan fingerprint density at radius 2 is 2.00 bits per heavy atom. The summed E-state index contributed by atoms with van der Waals surface area (Å²) in [6.07, 6.45) is 5.17. The van der Waals surface area contributed by atoms with Gasteiger partial charge in [0, 0.05) is 6.54 Å². The van der Waals surface area contributed by atoms with E-state index in [1.165, 1.54) is 18.4 Å². The average Bonchev–Trinajstić information content (AvgIpc) is 2.36. The van der Waals surface area contributed by atoms with Crippen LogP contribution in [0.5, 0.6) is 5.75 Å². The highest BCUT2D eigenvalue weighted by Crippen LogP contribution is 2.31. The van der Waals surface area contributed by atoms with Crippen molar-refractivity contribution in [3.63, 3.8) is 0 Å². The summed E-state index contributed by atoms with van der Waals surface area (Å²) in [6.45, 7) is 3.15. The standard InChI is InChI=1S/C15H22ClNO/c1-11-3-6-13(7-4-11)18-15-8-5-12(10-17-2)9-14(15)16/h5,8-9,11,13,17H,3-4,6-7,10H2,1-2H3. The van der Waals surface area contributed by atoms with Crippen LogP contribution in [-0.2, 0) is 6.54 Å². The van der Waals surface area contributed by atoms with Gasteiger partial charge in [0.1, 0.15) is 5.75 Å². The van der Waals surface area contributed by atoms with Crippen LogP contribution < -0.4 is 10.1 Å².